The van der Waals surface area contributed by atoms with E-state index in [4.69, 9.17) is 40.8 Å². The van der Waals surface area contributed by atoms with Gasteiger partial charge < -0.3 is 44.1 Å². The minimum Gasteiger partial charge on any atom is -0.780 e. The van der Waals surface area contributed by atoms with Crippen molar-refractivity contribution in [1.29, 1.82) is 0 Å². The van der Waals surface area contributed by atoms with Crippen LogP contribution in [0, 0.1) is 0 Å². The average Bonchev–Trinajstić information content (AvgIpc) is 3.58. The average molecular weight is 609 g/mol. The van der Waals surface area contributed by atoms with Crippen molar-refractivity contribution in [2.45, 2.75) is 49.4 Å². The van der Waals surface area contributed by atoms with Gasteiger partial charge in [0.05, 0.1) is 25.6 Å². The number of hydrogen-bond donors (Lipinski definition) is 4. The van der Waals surface area contributed by atoms with Gasteiger partial charge in [0.2, 0.25) is 0 Å². The maximum atomic E-state index is 13.1. The van der Waals surface area contributed by atoms with Crippen LogP contribution in [0.15, 0.2) is 34.5 Å². The number of nitrogens with one attached hydrogen (secondary N) is 1. The van der Waals surface area contributed by atoms with Crippen LogP contribution in [0.1, 0.15) is 18.9 Å². The van der Waals surface area contributed by atoms with Crippen LogP contribution >= 0.6 is 6.72 Å². The molecule has 20 heteroatoms. The second-order valence-corrected chi connectivity index (χ2v) is 11.5. The first kappa shape index (κ1) is 31.3. The summed E-state index contributed by atoms with van der Waals surface area (Å²) in [4.78, 5) is 51.1. The number of fused-ring (bicyclic) bond motifs is 1. The fourth-order valence-electron chi connectivity index (χ4n) is 4.55. The van der Waals surface area contributed by atoms with Crippen molar-refractivity contribution in [2.75, 3.05) is 26.1 Å². The smallest absolute Gasteiger partial charge is 0.780 e. The molecule has 0 spiro atoms. The summed E-state index contributed by atoms with van der Waals surface area (Å²) in [5, 5.41) is 20.4. The van der Waals surface area contributed by atoms with Gasteiger partial charge in [0.1, 0.15) is 49.2 Å². The summed E-state index contributed by atoms with van der Waals surface area (Å²) in [6, 6.07) is 1.11. The Kier molecular flexibility index (Phi) is 9.94. The summed E-state index contributed by atoms with van der Waals surface area (Å²) in [5.74, 6) is 0.195. The van der Waals surface area contributed by atoms with Crippen LogP contribution in [0.3, 0.4) is 0 Å². The molecule has 0 radical (unpaired) electrons. The Bertz CT molecular complexity index is 1510. The van der Waals surface area contributed by atoms with Gasteiger partial charge in [0.25, 0.3) is 5.56 Å². The Morgan fingerprint density at radius 3 is 2.73 bits per heavy atom. The molecule has 0 amide bonds. The summed E-state index contributed by atoms with van der Waals surface area (Å²) in [5.41, 5.74) is 5.21. The zero-order valence-electron chi connectivity index (χ0n) is 21.3. The van der Waals surface area contributed by atoms with Gasteiger partial charge in [0.15, 0.2) is 17.7 Å². The summed E-state index contributed by atoms with van der Waals surface area (Å²) in [6.07, 6.45) is -3.03. The monoisotopic (exact) mass is 609 g/mol. The normalized spacial score (nSPS) is 29.9. The SMILES string of the molecule is CO[C@@H]1[C@H](OP([O-])(=S)OC[C@H]2O[C@@H](n3cnc4c(N)ncnc43)C[C@@H]2O)[C@@H](CO)O[C@H]1n1ccc(=O)[nH]c1=O.[Na+]. The third-order valence-electron chi connectivity index (χ3n) is 6.41. The molecule has 17 nitrogen and oxygen atoms in total. The van der Waals surface area contributed by atoms with E-state index in [0.29, 0.717) is 11.2 Å². The largest absolute Gasteiger partial charge is 1.00 e. The molecular weight excluding hydrogens is 584 g/mol. The third-order valence-corrected chi connectivity index (χ3v) is 7.95. The number of nitrogens with zero attached hydrogens (tertiary/aromatic N) is 5. The first-order valence-corrected chi connectivity index (χ1v) is 14.2. The van der Waals surface area contributed by atoms with E-state index >= 15 is 0 Å². The molecule has 8 atom stereocenters. The van der Waals surface area contributed by atoms with E-state index in [-0.39, 0.29) is 48.4 Å². The third kappa shape index (κ3) is 6.24. The van der Waals surface area contributed by atoms with Crippen LogP contribution in [0.4, 0.5) is 5.82 Å². The van der Waals surface area contributed by atoms with Gasteiger partial charge in [-0.15, -0.1) is 0 Å². The first-order valence-electron chi connectivity index (χ1n) is 11.6. The molecule has 2 saturated heterocycles. The first-order chi connectivity index (χ1) is 18.6. The van der Waals surface area contributed by atoms with Gasteiger partial charge in [-0.3, -0.25) is 18.9 Å². The Balaban J connectivity index is 0.00000370. The van der Waals surface area contributed by atoms with E-state index < -0.39 is 67.6 Å². The molecule has 0 saturated carbocycles. The fourth-order valence-corrected chi connectivity index (χ4v) is 5.97. The summed E-state index contributed by atoms with van der Waals surface area (Å²) in [6.45, 7) is -5.24. The van der Waals surface area contributed by atoms with E-state index in [0.717, 1.165) is 10.6 Å². The second kappa shape index (κ2) is 12.7. The van der Waals surface area contributed by atoms with Gasteiger partial charge in [-0.1, -0.05) is 11.8 Å². The Morgan fingerprint density at radius 2 is 2.02 bits per heavy atom. The van der Waals surface area contributed by atoms with Gasteiger partial charge in [-0.05, 0) is 0 Å². The predicted molar refractivity (Wildman–Crippen MR) is 132 cm³/mol. The number of hydrogen-bond acceptors (Lipinski definition) is 15. The zero-order valence-corrected chi connectivity index (χ0v) is 25.0. The Hall–Kier alpha value is -1.64. The number of aliphatic hydroxyl groups excluding tert-OH is 2. The van der Waals surface area contributed by atoms with Crippen LogP contribution < -0.4 is 51.4 Å². The molecular formula is C20H25N7NaO10PS. The molecule has 212 valence electrons. The topological polar surface area (TPSA) is 234 Å². The Labute approximate surface area is 252 Å². The molecule has 1 unspecified atom stereocenters. The number of aromatic amines is 1. The maximum absolute atomic E-state index is 13.1. The molecule has 5 heterocycles. The fraction of sp³-hybridized carbons (Fsp3) is 0.550. The van der Waals surface area contributed by atoms with Gasteiger partial charge in [-0.25, -0.2) is 19.7 Å². The van der Waals surface area contributed by atoms with Crippen LogP contribution in [-0.2, 0) is 35.1 Å². The summed E-state index contributed by atoms with van der Waals surface area (Å²) < 4.78 is 30.5. The molecule has 2 aliphatic rings. The van der Waals surface area contributed by atoms with E-state index in [1.165, 1.54) is 26.0 Å². The number of imidazole rings is 1. The van der Waals surface area contributed by atoms with Crippen LogP contribution in [0.2, 0.25) is 0 Å². The molecule has 5 rings (SSSR count). The van der Waals surface area contributed by atoms with E-state index in [1.807, 2.05) is 0 Å². The van der Waals surface area contributed by atoms with Gasteiger partial charge >= 0.3 is 35.2 Å². The standard InChI is InChI=1S/C20H26N7O10PS.Na/c1-33-16-15(10(5-28)36-19(16)26-3-2-12(30)25-20(26)31)37-38(32,39)34-6-11-9(29)4-13(35-11)27-8-24-14-17(21)22-7-23-18(14)27;/h2-3,7-11,13,15-16,19,28-29H,4-6H2,1H3,(H,32,39)(H2,21,22,23)(H,25,30,31);/q;+1/p-1/t9-,10+,11+,13+,15+,16+,19+,38?;/m0./s1. The zero-order chi connectivity index (χ0) is 27.9. The van der Waals surface area contributed by atoms with Crippen molar-refractivity contribution in [2.24, 2.45) is 0 Å². The minimum atomic E-state index is -4.27. The number of nitrogen functional groups attached to an aromatic ring is 1. The molecule has 0 bridgehead atoms. The van der Waals surface area contributed by atoms with E-state index in [1.54, 1.807) is 4.57 Å². The second-order valence-electron chi connectivity index (χ2n) is 8.79. The van der Waals surface area contributed by atoms with Crippen molar-refractivity contribution < 1.29 is 67.9 Å². The van der Waals surface area contributed by atoms with Crippen molar-refractivity contribution in [3.63, 3.8) is 0 Å². The van der Waals surface area contributed by atoms with Crippen molar-refractivity contribution >= 4 is 35.5 Å². The van der Waals surface area contributed by atoms with Crippen molar-refractivity contribution in [3.05, 3.63) is 45.8 Å². The molecule has 3 aromatic rings. The number of aromatic nitrogens is 6. The van der Waals surface area contributed by atoms with Crippen molar-refractivity contribution in [3.8, 4) is 0 Å². The van der Waals surface area contributed by atoms with Crippen LogP contribution in [0.25, 0.3) is 11.2 Å². The molecule has 5 N–H and O–H groups in total. The molecule has 3 aromatic heterocycles. The van der Waals surface area contributed by atoms with E-state index in [2.05, 4.69) is 19.9 Å². The van der Waals surface area contributed by atoms with E-state index in [9.17, 15) is 24.7 Å². The quantitative estimate of drug-likeness (QED) is 0.131. The number of rotatable bonds is 9. The molecule has 2 aliphatic heterocycles. The maximum Gasteiger partial charge on any atom is 1.00 e. The van der Waals surface area contributed by atoms with Crippen LogP contribution in [-0.4, -0.2) is 90.1 Å². The van der Waals surface area contributed by atoms with Gasteiger partial charge in [-0.2, -0.15) is 0 Å². The molecule has 40 heavy (non-hydrogen) atoms. The Morgan fingerprint density at radius 1 is 1.25 bits per heavy atom. The predicted octanol–water partition coefficient (Wildman–Crippen LogP) is -5.50. The minimum absolute atomic E-state index is 0. The number of anilines is 1. The molecule has 0 aromatic carbocycles. The van der Waals surface area contributed by atoms with Crippen LogP contribution in [0.5, 0.6) is 0 Å². The van der Waals surface area contributed by atoms with Crippen molar-refractivity contribution in [1.82, 2.24) is 29.1 Å². The summed E-state index contributed by atoms with van der Waals surface area (Å²) >= 11 is 5.06. The van der Waals surface area contributed by atoms with Gasteiger partial charge in [0, 0.05) is 25.8 Å². The molecule has 0 aliphatic carbocycles. The number of ether oxygens (including phenoxy) is 3. The summed E-state index contributed by atoms with van der Waals surface area (Å²) in [7, 11) is 1.30. The number of nitrogens with two attached hydrogens (primary N) is 1. The molecule has 2 fully saturated rings. The number of aliphatic hydroxyl groups is 2. The number of H-pyrrole nitrogens is 1. The number of methoxy groups -OCH3 is 1.